The molecule has 1 saturated heterocycles. The maximum atomic E-state index is 6.24. The van der Waals surface area contributed by atoms with Crippen molar-refractivity contribution in [3.05, 3.63) is 70.2 Å². The van der Waals surface area contributed by atoms with Gasteiger partial charge in [0.2, 0.25) is 0 Å². The minimum absolute atomic E-state index is 0.634. The van der Waals surface area contributed by atoms with Gasteiger partial charge in [-0.2, -0.15) is 0 Å². The van der Waals surface area contributed by atoms with E-state index < -0.39 is 0 Å². The molecule has 28 heavy (non-hydrogen) atoms. The van der Waals surface area contributed by atoms with Crippen LogP contribution < -0.4 is 10.6 Å². The molecule has 0 amide bonds. The molecule has 1 heterocycles. The molecule has 5 nitrogen and oxygen atoms in total. The molecule has 1 aliphatic heterocycles. The summed E-state index contributed by atoms with van der Waals surface area (Å²) in [7, 11) is 0. The van der Waals surface area contributed by atoms with Crippen molar-refractivity contribution in [2.24, 2.45) is 4.99 Å². The molecular weight excluding hydrogens is 372 g/mol. The zero-order valence-electron chi connectivity index (χ0n) is 16.5. The Bertz CT molecular complexity index is 775. The first kappa shape index (κ1) is 20.6. The molecule has 0 aliphatic carbocycles. The monoisotopic (exact) mass is 400 g/mol. The van der Waals surface area contributed by atoms with E-state index in [1.807, 2.05) is 24.3 Å². The lowest BCUT2D eigenvalue weighted by molar-refractivity contribution is 0.0342. The molecule has 150 valence electrons. The minimum Gasteiger partial charge on any atom is -0.379 e. The molecule has 0 spiro atoms. The number of morpholine rings is 1. The van der Waals surface area contributed by atoms with Gasteiger partial charge in [0.15, 0.2) is 5.96 Å². The van der Waals surface area contributed by atoms with E-state index in [1.54, 1.807) is 0 Å². The highest BCUT2D eigenvalue weighted by molar-refractivity contribution is 6.31. The first-order valence-electron chi connectivity index (χ1n) is 9.88. The van der Waals surface area contributed by atoms with Crippen LogP contribution in [-0.2, 0) is 24.4 Å². The van der Waals surface area contributed by atoms with Gasteiger partial charge in [0.05, 0.1) is 19.8 Å². The van der Waals surface area contributed by atoms with Gasteiger partial charge in [0.25, 0.3) is 0 Å². The zero-order chi connectivity index (χ0) is 19.6. The van der Waals surface area contributed by atoms with Gasteiger partial charge in [-0.3, -0.25) is 4.90 Å². The third-order valence-electron chi connectivity index (χ3n) is 4.67. The second-order valence-corrected chi connectivity index (χ2v) is 7.26. The number of nitrogens with one attached hydrogen (secondary N) is 2. The fourth-order valence-corrected chi connectivity index (χ4v) is 3.38. The molecule has 0 unspecified atom stereocenters. The second-order valence-electron chi connectivity index (χ2n) is 6.85. The highest BCUT2D eigenvalue weighted by Crippen LogP contribution is 2.14. The van der Waals surface area contributed by atoms with E-state index in [0.29, 0.717) is 13.1 Å². The summed E-state index contributed by atoms with van der Waals surface area (Å²) in [4.78, 5) is 7.17. The van der Waals surface area contributed by atoms with Gasteiger partial charge in [0.1, 0.15) is 0 Å². The predicted octanol–water partition coefficient (Wildman–Crippen LogP) is 3.43. The minimum atomic E-state index is 0.634. The third kappa shape index (κ3) is 6.51. The fraction of sp³-hybridized carbons (Fsp3) is 0.409. The summed E-state index contributed by atoms with van der Waals surface area (Å²) in [6.07, 6.45) is 0. The summed E-state index contributed by atoms with van der Waals surface area (Å²) < 4.78 is 5.43. The first-order chi connectivity index (χ1) is 13.7. The highest BCUT2D eigenvalue weighted by Gasteiger charge is 2.10. The van der Waals surface area contributed by atoms with Crippen LogP contribution in [0.15, 0.2) is 53.5 Å². The van der Waals surface area contributed by atoms with Crippen LogP contribution in [-0.4, -0.2) is 43.7 Å². The fourth-order valence-electron chi connectivity index (χ4n) is 3.18. The van der Waals surface area contributed by atoms with Gasteiger partial charge in [-0.25, -0.2) is 4.99 Å². The summed E-state index contributed by atoms with van der Waals surface area (Å²) >= 11 is 6.24. The van der Waals surface area contributed by atoms with Crippen molar-refractivity contribution in [3.63, 3.8) is 0 Å². The zero-order valence-corrected chi connectivity index (χ0v) is 17.2. The Labute approximate surface area is 172 Å². The van der Waals surface area contributed by atoms with Crippen LogP contribution in [0.25, 0.3) is 0 Å². The molecule has 0 atom stereocenters. The molecule has 0 radical (unpaired) electrons. The maximum absolute atomic E-state index is 6.24. The Balaban J connectivity index is 1.59. The number of hydrogen-bond donors (Lipinski definition) is 2. The van der Waals surface area contributed by atoms with Crippen molar-refractivity contribution in [2.75, 3.05) is 32.8 Å². The summed E-state index contributed by atoms with van der Waals surface area (Å²) in [5.74, 6) is 0.793. The van der Waals surface area contributed by atoms with Crippen molar-refractivity contribution in [1.82, 2.24) is 15.5 Å². The van der Waals surface area contributed by atoms with Crippen LogP contribution in [0, 0.1) is 0 Å². The van der Waals surface area contributed by atoms with Gasteiger partial charge >= 0.3 is 0 Å². The van der Waals surface area contributed by atoms with Crippen molar-refractivity contribution in [2.45, 2.75) is 26.6 Å². The van der Waals surface area contributed by atoms with Gasteiger partial charge < -0.3 is 15.4 Å². The van der Waals surface area contributed by atoms with Gasteiger partial charge in [-0.1, -0.05) is 54.1 Å². The lowest BCUT2D eigenvalue weighted by Crippen LogP contribution is -2.36. The number of rotatable bonds is 7. The molecule has 6 heteroatoms. The standard InChI is InChI=1S/C22H29ClN4O/c1-2-24-22(26-16-20-8-3-4-9-21(20)23)25-15-18-6-5-7-19(14-18)17-27-10-12-28-13-11-27/h3-9,14H,2,10-13,15-17H2,1H3,(H2,24,25,26). The number of ether oxygens (including phenoxy) is 1. The Morgan fingerprint density at radius 3 is 2.64 bits per heavy atom. The van der Waals surface area contributed by atoms with E-state index >= 15 is 0 Å². The van der Waals surface area contributed by atoms with Crippen LogP contribution in [0.4, 0.5) is 0 Å². The van der Waals surface area contributed by atoms with Gasteiger partial charge in [-0.15, -0.1) is 0 Å². The molecule has 2 aromatic carbocycles. The quantitative estimate of drug-likeness (QED) is 0.552. The lowest BCUT2D eigenvalue weighted by atomic mass is 10.1. The van der Waals surface area contributed by atoms with E-state index in [2.05, 4.69) is 46.7 Å². The summed E-state index contributed by atoms with van der Waals surface area (Å²) in [6, 6.07) is 16.5. The first-order valence-corrected chi connectivity index (χ1v) is 10.3. The Morgan fingerprint density at radius 2 is 1.86 bits per heavy atom. The van der Waals surface area contributed by atoms with Crippen LogP contribution in [0.3, 0.4) is 0 Å². The SMILES string of the molecule is CCNC(=NCc1cccc(CN2CCOCC2)c1)NCc1ccccc1Cl. The Morgan fingerprint density at radius 1 is 1.07 bits per heavy atom. The number of aliphatic imine (C=N–C) groups is 1. The summed E-state index contributed by atoms with van der Waals surface area (Å²) in [6.45, 7) is 8.77. The largest absolute Gasteiger partial charge is 0.379 e. The van der Waals surface area contributed by atoms with Crippen molar-refractivity contribution in [3.8, 4) is 0 Å². The maximum Gasteiger partial charge on any atom is 0.191 e. The van der Waals surface area contributed by atoms with Crippen LogP contribution in [0.1, 0.15) is 23.6 Å². The third-order valence-corrected chi connectivity index (χ3v) is 5.04. The molecule has 2 aromatic rings. The van der Waals surface area contributed by atoms with E-state index in [4.69, 9.17) is 21.3 Å². The normalized spacial score (nSPS) is 15.4. The molecular formula is C22H29ClN4O. The number of nitrogens with zero attached hydrogens (tertiary/aromatic N) is 2. The molecule has 2 N–H and O–H groups in total. The smallest absolute Gasteiger partial charge is 0.191 e. The molecule has 1 fully saturated rings. The van der Waals surface area contributed by atoms with E-state index in [9.17, 15) is 0 Å². The van der Waals surface area contributed by atoms with Gasteiger partial charge in [-0.05, 0) is 29.7 Å². The van der Waals surface area contributed by atoms with Crippen LogP contribution in [0.5, 0.6) is 0 Å². The lowest BCUT2D eigenvalue weighted by Gasteiger charge is -2.26. The Kier molecular flexibility index (Phi) is 8.15. The van der Waals surface area contributed by atoms with Crippen LogP contribution >= 0.6 is 11.6 Å². The van der Waals surface area contributed by atoms with Crippen molar-refractivity contribution >= 4 is 17.6 Å². The summed E-state index contributed by atoms with van der Waals surface area (Å²) in [5.41, 5.74) is 3.59. The summed E-state index contributed by atoms with van der Waals surface area (Å²) in [5, 5.41) is 7.42. The van der Waals surface area contributed by atoms with E-state index in [1.165, 1.54) is 11.1 Å². The van der Waals surface area contributed by atoms with Crippen molar-refractivity contribution in [1.29, 1.82) is 0 Å². The molecule has 1 aliphatic rings. The van der Waals surface area contributed by atoms with E-state index in [-0.39, 0.29) is 0 Å². The van der Waals surface area contributed by atoms with Crippen LogP contribution in [0.2, 0.25) is 5.02 Å². The molecule has 0 bridgehead atoms. The predicted molar refractivity (Wildman–Crippen MR) is 116 cm³/mol. The highest BCUT2D eigenvalue weighted by atomic mass is 35.5. The average molecular weight is 401 g/mol. The second kappa shape index (κ2) is 11.1. The molecule has 0 saturated carbocycles. The Hall–Kier alpha value is -2.08. The number of hydrogen-bond acceptors (Lipinski definition) is 3. The molecule has 3 rings (SSSR count). The topological polar surface area (TPSA) is 48.9 Å². The van der Waals surface area contributed by atoms with Crippen molar-refractivity contribution < 1.29 is 4.74 Å². The molecule has 0 aromatic heterocycles. The van der Waals surface area contributed by atoms with Gasteiger partial charge in [0, 0.05) is 37.7 Å². The van der Waals surface area contributed by atoms with E-state index in [0.717, 1.165) is 55.9 Å². The average Bonchev–Trinajstić information content (AvgIpc) is 2.72. The number of halogens is 1. The number of guanidine groups is 1. The number of benzene rings is 2.